The molecule has 2 aromatic heterocycles. The number of rotatable bonds is 4. The second-order valence-electron chi connectivity index (χ2n) is 6.12. The van der Waals surface area contributed by atoms with Crippen LogP contribution in [-0.2, 0) is 0 Å². The van der Waals surface area contributed by atoms with Crippen molar-refractivity contribution in [3.05, 3.63) is 76.7 Å². The summed E-state index contributed by atoms with van der Waals surface area (Å²) >= 11 is 9.02. The van der Waals surface area contributed by atoms with Crippen molar-refractivity contribution in [1.82, 2.24) is 15.2 Å². The lowest BCUT2D eigenvalue weighted by molar-refractivity contribution is 0.284. The minimum absolute atomic E-state index is 0.0217. The van der Waals surface area contributed by atoms with Crippen LogP contribution in [0.15, 0.2) is 69.7 Å². The van der Waals surface area contributed by atoms with E-state index in [-0.39, 0.29) is 12.1 Å². The first kappa shape index (κ1) is 17.2. The minimum atomic E-state index is -0.0347. The molecule has 3 heterocycles. The zero-order valence-corrected chi connectivity index (χ0v) is 16.6. The maximum Gasteiger partial charge on any atom is 0.170 e. The van der Waals surface area contributed by atoms with Gasteiger partial charge in [0.2, 0.25) is 0 Å². The Kier molecular flexibility index (Phi) is 4.78. The summed E-state index contributed by atoms with van der Waals surface area (Å²) in [6, 6.07) is 18.0. The third-order valence-corrected chi connectivity index (χ3v) is 5.47. The van der Waals surface area contributed by atoms with Crippen molar-refractivity contribution in [3.8, 4) is 11.3 Å². The molecule has 1 fully saturated rings. The molecular weight excluding hydrogens is 410 g/mol. The van der Waals surface area contributed by atoms with Crippen LogP contribution in [0.2, 0.25) is 0 Å². The highest BCUT2D eigenvalue weighted by atomic mass is 79.9. The average Bonchev–Trinajstić information content (AvgIpc) is 3.27. The molecule has 0 amide bonds. The molecule has 4 rings (SSSR count). The normalized spacial score (nSPS) is 19.6. The first-order valence-electron chi connectivity index (χ1n) is 8.51. The van der Waals surface area contributed by atoms with Gasteiger partial charge in [0.05, 0.1) is 11.7 Å². The fraction of sp³-hybridized carbons (Fsp3) is 0.200. The minimum Gasteiger partial charge on any atom is -0.459 e. The number of pyridine rings is 1. The van der Waals surface area contributed by atoms with E-state index in [0.717, 1.165) is 38.9 Å². The van der Waals surface area contributed by atoms with E-state index in [1.54, 1.807) is 6.20 Å². The molecule has 26 heavy (non-hydrogen) atoms. The standard InChI is InChI=1S/C20H18BrN3OS/c1-2-24-19(18(23-20(24)26)15-5-3-4-12-22-15)17-11-10-16(25-17)13-6-8-14(21)9-7-13/h3-12,18-19H,2H2,1H3,(H,23,26)/t18-,19+/m1/s1. The fourth-order valence-corrected chi connectivity index (χ4v) is 3.97. The number of benzene rings is 1. The molecule has 132 valence electrons. The maximum absolute atomic E-state index is 6.24. The van der Waals surface area contributed by atoms with Gasteiger partial charge < -0.3 is 14.6 Å². The first-order valence-corrected chi connectivity index (χ1v) is 9.71. The number of nitrogens with one attached hydrogen (secondary N) is 1. The van der Waals surface area contributed by atoms with Crippen molar-refractivity contribution in [3.63, 3.8) is 0 Å². The van der Waals surface area contributed by atoms with Crippen molar-refractivity contribution in [2.75, 3.05) is 6.54 Å². The second kappa shape index (κ2) is 7.21. The Morgan fingerprint density at radius 2 is 1.96 bits per heavy atom. The number of nitrogens with zero attached hydrogens (tertiary/aromatic N) is 2. The van der Waals surface area contributed by atoms with Gasteiger partial charge in [-0.3, -0.25) is 4.98 Å². The van der Waals surface area contributed by atoms with E-state index >= 15 is 0 Å². The monoisotopic (exact) mass is 427 g/mol. The molecule has 0 aliphatic carbocycles. The highest BCUT2D eigenvalue weighted by Crippen LogP contribution is 2.40. The van der Waals surface area contributed by atoms with Gasteiger partial charge in [-0.25, -0.2) is 0 Å². The summed E-state index contributed by atoms with van der Waals surface area (Å²) in [7, 11) is 0. The Morgan fingerprint density at radius 1 is 1.15 bits per heavy atom. The molecule has 1 aliphatic heterocycles. The lowest BCUT2D eigenvalue weighted by atomic mass is 10.0. The molecule has 0 radical (unpaired) electrons. The van der Waals surface area contributed by atoms with Gasteiger partial charge in [-0.2, -0.15) is 0 Å². The van der Waals surface area contributed by atoms with Gasteiger partial charge in [-0.05, 0) is 55.5 Å². The van der Waals surface area contributed by atoms with Crippen LogP contribution in [0.4, 0.5) is 0 Å². The topological polar surface area (TPSA) is 41.3 Å². The van der Waals surface area contributed by atoms with Crippen molar-refractivity contribution < 1.29 is 4.42 Å². The molecule has 2 atom stereocenters. The quantitative estimate of drug-likeness (QED) is 0.586. The molecule has 4 nitrogen and oxygen atoms in total. The molecule has 1 saturated heterocycles. The van der Waals surface area contributed by atoms with Crippen molar-refractivity contribution in [1.29, 1.82) is 0 Å². The molecule has 1 aliphatic rings. The second-order valence-corrected chi connectivity index (χ2v) is 7.42. The van der Waals surface area contributed by atoms with E-state index in [4.69, 9.17) is 16.6 Å². The predicted octanol–water partition coefficient (Wildman–Crippen LogP) is 5.10. The van der Waals surface area contributed by atoms with Gasteiger partial charge in [0.15, 0.2) is 5.11 Å². The van der Waals surface area contributed by atoms with Crippen LogP contribution in [0.1, 0.15) is 30.5 Å². The Balaban J connectivity index is 1.71. The largest absolute Gasteiger partial charge is 0.459 e. The van der Waals surface area contributed by atoms with Gasteiger partial charge in [0, 0.05) is 22.8 Å². The predicted molar refractivity (Wildman–Crippen MR) is 110 cm³/mol. The highest BCUT2D eigenvalue weighted by molar-refractivity contribution is 9.10. The number of thiocarbonyl (C=S) groups is 1. The zero-order valence-electron chi connectivity index (χ0n) is 14.2. The summed E-state index contributed by atoms with van der Waals surface area (Å²) in [5.41, 5.74) is 2.00. The van der Waals surface area contributed by atoms with Gasteiger partial charge >= 0.3 is 0 Å². The Labute approximate surface area is 166 Å². The number of furan rings is 1. The number of hydrogen-bond donors (Lipinski definition) is 1. The molecule has 0 spiro atoms. The number of halogens is 1. The smallest absolute Gasteiger partial charge is 0.170 e. The summed E-state index contributed by atoms with van der Waals surface area (Å²) in [5.74, 6) is 1.73. The Morgan fingerprint density at radius 3 is 2.65 bits per heavy atom. The van der Waals surface area contributed by atoms with E-state index in [1.807, 2.05) is 54.6 Å². The highest BCUT2D eigenvalue weighted by Gasteiger charge is 2.40. The van der Waals surface area contributed by atoms with Crippen LogP contribution in [0.3, 0.4) is 0 Å². The first-order chi connectivity index (χ1) is 12.7. The van der Waals surface area contributed by atoms with Crippen LogP contribution < -0.4 is 5.32 Å². The molecule has 0 bridgehead atoms. The summed E-state index contributed by atoms with van der Waals surface area (Å²) in [5, 5.41) is 4.14. The van der Waals surface area contributed by atoms with Crippen molar-refractivity contribution >= 4 is 33.3 Å². The van der Waals surface area contributed by atoms with Gasteiger partial charge in [0.1, 0.15) is 17.6 Å². The fourth-order valence-electron chi connectivity index (χ4n) is 3.34. The lowest BCUT2D eigenvalue weighted by Crippen LogP contribution is -2.29. The Bertz CT molecular complexity index is 910. The van der Waals surface area contributed by atoms with Gasteiger partial charge in [-0.15, -0.1) is 0 Å². The molecule has 0 unspecified atom stereocenters. The summed E-state index contributed by atoms with van der Waals surface area (Å²) in [4.78, 5) is 6.67. The maximum atomic E-state index is 6.24. The number of likely N-dealkylation sites (N-methyl/N-ethyl adjacent to an activating group) is 1. The van der Waals surface area contributed by atoms with Crippen LogP contribution in [-0.4, -0.2) is 21.5 Å². The van der Waals surface area contributed by atoms with Crippen LogP contribution in [0.25, 0.3) is 11.3 Å². The molecular formula is C20H18BrN3OS. The van der Waals surface area contributed by atoms with E-state index < -0.39 is 0 Å². The molecule has 1 N–H and O–H groups in total. The Hall–Kier alpha value is -2.18. The number of aromatic nitrogens is 1. The summed E-state index contributed by atoms with van der Waals surface area (Å²) in [6.45, 7) is 2.90. The molecule has 3 aromatic rings. The molecule has 0 saturated carbocycles. The van der Waals surface area contributed by atoms with Gasteiger partial charge in [0.25, 0.3) is 0 Å². The third-order valence-electron chi connectivity index (χ3n) is 4.59. The van der Waals surface area contributed by atoms with E-state index in [0.29, 0.717) is 0 Å². The van der Waals surface area contributed by atoms with E-state index in [1.165, 1.54) is 0 Å². The molecule has 6 heteroatoms. The third kappa shape index (κ3) is 3.15. The zero-order chi connectivity index (χ0) is 18.1. The average molecular weight is 428 g/mol. The number of hydrogen-bond acceptors (Lipinski definition) is 3. The lowest BCUT2D eigenvalue weighted by Gasteiger charge is -2.24. The van der Waals surface area contributed by atoms with Crippen molar-refractivity contribution in [2.24, 2.45) is 0 Å². The summed E-state index contributed by atoms with van der Waals surface area (Å²) < 4.78 is 7.29. The van der Waals surface area contributed by atoms with Crippen molar-refractivity contribution in [2.45, 2.75) is 19.0 Å². The molecule has 1 aromatic carbocycles. The van der Waals surface area contributed by atoms with E-state index in [9.17, 15) is 0 Å². The SMILES string of the molecule is CCN1C(=S)N[C@H](c2ccccn2)[C@@H]1c1ccc(-c2ccc(Br)cc2)o1. The summed E-state index contributed by atoms with van der Waals surface area (Å²) in [6.07, 6.45) is 1.81. The van der Waals surface area contributed by atoms with E-state index in [2.05, 4.69) is 38.1 Å². The van der Waals surface area contributed by atoms with Crippen LogP contribution in [0.5, 0.6) is 0 Å². The van der Waals surface area contributed by atoms with Crippen LogP contribution in [0, 0.1) is 0 Å². The van der Waals surface area contributed by atoms with Crippen LogP contribution >= 0.6 is 28.1 Å². The van der Waals surface area contributed by atoms with Gasteiger partial charge in [-0.1, -0.05) is 34.1 Å².